The average molecular weight is 669 g/mol. The molecule has 0 saturated heterocycles. The molecule has 5 nitrogen and oxygen atoms in total. The third kappa shape index (κ3) is 32.5. The first kappa shape index (κ1) is 46.5. The van der Waals surface area contributed by atoms with Gasteiger partial charge in [-0.3, -0.25) is 4.79 Å². The lowest BCUT2D eigenvalue weighted by Crippen LogP contribution is -2.38. The third-order valence-corrected chi connectivity index (χ3v) is 10.3. The van der Waals surface area contributed by atoms with Crippen molar-refractivity contribution in [1.82, 2.24) is 0 Å². The van der Waals surface area contributed by atoms with Gasteiger partial charge in [-0.2, -0.15) is 0 Å². The van der Waals surface area contributed by atoms with Crippen LogP contribution in [0.3, 0.4) is 0 Å². The monoisotopic (exact) mass is 669 g/mol. The standard InChI is InChI=1S/C42H84O5/c1-3-5-7-9-11-13-15-17-18-19-20-21-22-23-24-26-28-30-32-34-36-39(44)42(47)41(46)37-40(45)38(43)35-33-31-29-27-25-16-14-12-10-8-6-4-2/h38-41,43-46H,3-37H2,1-2H3/t38?,39?,40?,41-/m1/s1. The summed E-state index contributed by atoms with van der Waals surface area (Å²) >= 11 is 0. The molecule has 0 aliphatic heterocycles. The molecule has 0 radical (unpaired) electrons. The van der Waals surface area contributed by atoms with Crippen LogP contribution < -0.4 is 0 Å². The quantitative estimate of drug-likeness (QED) is 0.0489. The Bertz CT molecular complexity index is 626. The molecule has 0 spiro atoms. The lowest BCUT2D eigenvalue weighted by atomic mass is 9.95. The Kier molecular flexibility index (Phi) is 36.4. The van der Waals surface area contributed by atoms with Gasteiger partial charge in [0.25, 0.3) is 0 Å². The van der Waals surface area contributed by atoms with Gasteiger partial charge in [-0.1, -0.05) is 219 Å². The highest BCUT2D eigenvalue weighted by Crippen LogP contribution is 2.18. The summed E-state index contributed by atoms with van der Waals surface area (Å²) in [5.74, 6) is -0.626. The molecule has 0 aromatic heterocycles. The van der Waals surface area contributed by atoms with Crippen LogP contribution in [0.15, 0.2) is 0 Å². The molecule has 5 heteroatoms. The molecule has 0 aliphatic carbocycles. The van der Waals surface area contributed by atoms with E-state index in [1.807, 2.05) is 0 Å². The zero-order chi connectivity index (χ0) is 34.6. The summed E-state index contributed by atoms with van der Waals surface area (Å²) in [6.45, 7) is 4.53. The molecule has 4 N–H and O–H groups in total. The molecular weight excluding hydrogens is 584 g/mol. The number of carbonyl (C=O) groups excluding carboxylic acids is 1. The van der Waals surface area contributed by atoms with Crippen molar-refractivity contribution in [2.24, 2.45) is 0 Å². The summed E-state index contributed by atoms with van der Waals surface area (Å²) < 4.78 is 0. The molecule has 0 aromatic rings. The predicted octanol–water partition coefficient (Wildman–Crippen LogP) is 11.7. The predicted molar refractivity (Wildman–Crippen MR) is 202 cm³/mol. The second-order valence-corrected chi connectivity index (χ2v) is 15.0. The van der Waals surface area contributed by atoms with E-state index in [2.05, 4.69) is 13.8 Å². The smallest absolute Gasteiger partial charge is 0.189 e. The lowest BCUT2D eigenvalue weighted by Gasteiger charge is -2.21. The number of ketones is 1. The van der Waals surface area contributed by atoms with Gasteiger partial charge in [0.1, 0.15) is 12.2 Å². The normalized spacial score (nSPS) is 14.3. The second kappa shape index (κ2) is 36.8. The number of aliphatic hydroxyl groups is 4. The highest BCUT2D eigenvalue weighted by molar-refractivity contribution is 5.86. The number of rotatable bonds is 39. The number of aliphatic hydroxyl groups excluding tert-OH is 4. The fraction of sp³-hybridized carbons (Fsp3) is 0.976. The first-order valence-corrected chi connectivity index (χ1v) is 21.2. The minimum atomic E-state index is -1.43. The van der Waals surface area contributed by atoms with Crippen LogP contribution in [0.25, 0.3) is 0 Å². The van der Waals surface area contributed by atoms with Crippen LogP contribution in [0.4, 0.5) is 0 Å². The molecule has 0 rings (SSSR count). The first-order valence-electron chi connectivity index (χ1n) is 21.2. The van der Waals surface area contributed by atoms with Gasteiger partial charge in [0.05, 0.1) is 12.2 Å². The summed E-state index contributed by atoms with van der Waals surface area (Å²) in [4.78, 5) is 12.4. The first-order chi connectivity index (χ1) is 22.9. The third-order valence-electron chi connectivity index (χ3n) is 10.3. The van der Waals surface area contributed by atoms with Crippen molar-refractivity contribution >= 4 is 5.78 Å². The molecule has 0 heterocycles. The van der Waals surface area contributed by atoms with Crippen molar-refractivity contribution in [3.8, 4) is 0 Å². The number of hydrogen-bond donors (Lipinski definition) is 4. The van der Waals surface area contributed by atoms with Gasteiger partial charge in [0.2, 0.25) is 0 Å². The summed E-state index contributed by atoms with van der Waals surface area (Å²) in [7, 11) is 0. The SMILES string of the molecule is CCCCCCCCCCCCCCCCCCCCCCC(O)C(=O)[C@H](O)CC(O)C(O)CCCCCCCCCCCCCC. The largest absolute Gasteiger partial charge is 0.390 e. The Morgan fingerprint density at radius 1 is 0.340 bits per heavy atom. The molecule has 0 amide bonds. The maximum absolute atomic E-state index is 12.4. The maximum Gasteiger partial charge on any atom is 0.189 e. The van der Waals surface area contributed by atoms with Crippen molar-refractivity contribution in [1.29, 1.82) is 0 Å². The zero-order valence-electron chi connectivity index (χ0n) is 31.8. The van der Waals surface area contributed by atoms with Crippen molar-refractivity contribution in [2.75, 3.05) is 0 Å². The van der Waals surface area contributed by atoms with E-state index in [4.69, 9.17) is 0 Å². The summed E-state index contributed by atoms with van der Waals surface area (Å²) in [5.41, 5.74) is 0. The molecule has 0 saturated carbocycles. The Morgan fingerprint density at radius 2 is 0.596 bits per heavy atom. The van der Waals surface area contributed by atoms with Crippen LogP contribution in [0.2, 0.25) is 0 Å². The lowest BCUT2D eigenvalue weighted by molar-refractivity contribution is -0.138. The van der Waals surface area contributed by atoms with Gasteiger partial charge in [-0.05, 0) is 12.8 Å². The van der Waals surface area contributed by atoms with E-state index in [1.54, 1.807) is 0 Å². The molecule has 0 bridgehead atoms. The van der Waals surface area contributed by atoms with E-state index >= 15 is 0 Å². The van der Waals surface area contributed by atoms with E-state index in [-0.39, 0.29) is 6.42 Å². The molecule has 0 aromatic carbocycles. The van der Waals surface area contributed by atoms with E-state index in [0.717, 1.165) is 38.5 Å². The van der Waals surface area contributed by atoms with Gasteiger partial charge in [0.15, 0.2) is 5.78 Å². The highest BCUT2D eigenvalue weighted by Gasteiger charge is 2.28. The highest BCUT2D eigenvalue weighted by atomic mass is 16.3. The molecule has 4 atom stereocenters. The maximum atomic E-state index is 12.4. The average Bonchev–Trinajstić information content (AvgIpc) is 3.07. The van der Waals surface area contributed by atoms with E-state index in [0.29, 0.717) is 12.8 Å². The van der Waals surface area contributed by atoms with Gasteiger partial charge < -0.3 is 20.4 Å². The van der Waals surface area contributed by atoms with Crippen LogP contribution in [0.5, 0.6) is 0 Å². The molecule has 282 valence electrons. The summed E-state index contributed by atoms with van der Waals surface area (Å²) in [6, 6.07) is 0. The summed E-state index contributed by atoms with van der Waals surface area (Å²) in [5, 5.41) is 41.1. The molecule has 47 heavy (non-hydrogen) atoms. The van der Waals surface area contributed by atoms with Crippen molar-refractivity contribution < 1.29 is 25.2 Å². The summed E-state index contributed by atoms with van der Waals surface area (Å²) in [6.07, 6.45) is 37.1. The Morgan fingerprint density at radius 3 is 0.894 bits per heavy atom. The Labute approximate surface area is 293 Å². The Hall–Kier alpha value is -0.490. The van der Waals surface area contributed by atoms with Gasteiger partial charge in [0, 0.05) is 6.42 Å². The van der Waals surface area contributed by atoms with Crippen LogP contribution in [-0.2, 0) is 4.79 Å². The van der Waals surface area contributed by atoms with Gasteiger partial charge >= 0.3 is 0 Å². The van der Waals surface area contributed by atoms with E-state index < -0.39 is 30.2 Å². The number of hydrogen-bond acceptors (Lipinski definition) is 5. The number of carbonyl (C=O) groups is 1. The number of Topliss-reactive ketones (excluding diaryl/α,β-unsaturated/α-hetero) is 1. The molecule has 0 aliphatic rings. The van der Waals surface area contributed by atoms with Crippen molar-refractivity contribution in [3.63, 3.8) is 0 Å². The van der Waals surface area contributed by atoms with Crippen LogP contribution in [-0.4, -0.2) is 50.6 Å². The fourth-order valence-corrected chi connectivity index (χ4v) is 6.85. The fourth-order valence-electron chi connectivity index (χ4n) is 6.85. The minimum absolute atomic E-state index is 0.214. The Balaban J connectivity index is 3.58. The topological polar surface area (TPSA) is 98.0 Å². The second-order valence-electron chi connectivity index (χ2n) is 15.0. The number of unbranched alkanes of at least 4 members (excludes halogenated alkanes) is 30. The molecule has 3 unspecified atom stereocenters. The molecule has 0 fully saturated rings. The van der Waals surface area contributed by atoms with Crippen LogP contribution in [0, 0.1) is 0 Å². The van der Waals surface area contributed by atoms with Crippen molar-refractivity contribution in [2.45, 2.75) is 263 Å². The zero-order valence-corrected chi connectivity index (χ0v) is 31.8. The van der Waals surface area contributed by atoms with Crippen LogP contribution in [0.1, 0.15) is 239 Å². The van der Waals surface area contributed by atoms with E-state index in [1.165, 1.54) is 167 Å². The van der Waals surface area contributed by atoms with E-state index in [9.17, 15) is 25.2 Å². The van der Waals surface area contributed by atoms with Crippen LogP contribution >= 0.6 is 0 Å². The minimum Gasteiger partial charge on any atom is -0.390 e. The van der Waals surface area contributed by atoms with Gasteiger partial charge in [-0.25, -0.2) is 0 Å². The van der Waals surface area contributed by atoms with Crippen molar-refractivity contribution in [3.05, 3.63) is 0 Å². The molecular formula is C42H84O5. The van der Waals surface area contributed by atoms with Gasteiger partial charge in [-0.15, -0.1) is 0 Å².